The molecule has 1 amide bonds. The van der Waals surface area contributed by atoms with Gasteiger partial charge in [-0.15, -0.1) is 0 Å². The Morgan fingerprint density at radius 3 is 2.74 bits per heavy atom. The fourth-order valence-electron chi connectivity index (χ4n) is 1.69. The van der Waals surface area contributed by atoms with Crippen LogP contribution in [0.4, 0.5) is 0 Å². The highest BCUT2D eigenvalue weighted by Crippen LogP contribution is 2.27. The number of aromatic hydroxyl groups is 1. The molecule has 23 heavy (non-hydrogen) atoms. The zero-order chi connectivity index (χ0) is 16.7. The first kappa shape index (κ1) is 16.8. The normalized spacial score (nSPS) is 10.5. The van der Waals surface area contributed by atoms with E-state index in [1.165, 1.54) is 13.3 Å². The summed E-state index contributed by atoms with van der Waals surface area (Å²) in [4.78, 5) is 11.6. The van der Waals surface area contributed by atoms with Gasteiger partial charge < -0.3 is 14.6 Å². The minimum atomic E-state index is -0.411. The first-order valence-electron chi connectivity index (χ1n) is 6.66. The summed E-state index contributed by atoms with van der Waals surface area (Å²) >= 11 is 3.31. The second-order valence-electron chi connectivity index (χ2n) is 4.43. The molecule has 2 N–H and O–H groups in total. The maximum absolute atomic E-state index is 11.6. The van der Waals surface area contributed by atoms with Gasteiger partial charge in [0.2, 0.25) is 0 Å². The quantitative estimate of drug-likeness (QED) is 0.598. The van der Waals surface area contributed by atoms with Crippen LogP contribution in [0.15, 0.2) is 52.0 Å². The zero-order valence-corrected chi connectivity index (χ0v) is 13.9. The molecule has 6 nitrogen and oxygen atoms in total. The molecule has 2 rings (SSSR count). The third kappa shape index (κ3) is 5.00. The number of hydrazone groups is 1. The predicted octanol–water partition coefficient (Wildman–Crippen LogP) is 2.69. The minimum Gasteiger partial charge on any atom is -0.504 e. The first-order chi connectivity index (χ1) is 11.1. The topological polar surface area (TPSA) is 80.2 Å². The number of amides is 1. The van der Waals surface area contributed by atoms with E-state index in [0.717, 1.165) is 4.47 Å². The fourth-order valence-corrected chi connectivity index (χ4v) is 1.96. The van der Waals surface area contributed by atoms with E-state index in [-0.39, 0.29) is 12.4 Å². The first-order valence-corrected chi connectivity index (χ1v) is 7.45. The van der Waals surface area contributed by atoms with Crippen molar-refractivity contribution in [1.82, 2.24) is 5.43 Å². The number of phenols is 1. The van der Waals surface area contributed by atoms with Crippen LogP contribution < -0.4 is 14.9 Å². The van der Waals surface area contributed by atoms with E-state index in [1.807, 2.05) is 12.1 Å². The van der Waals surface area contributed by atoms with Gasteiger partial charge in [-0.3, -0.25) is 4.79 Å². The molecular formula is C16H15BrN2O4. The molecule has 0 saturated heterocycles. The number of nitrogens with one attached hydrogen (secondary N) is 1. The molecule has 0 spiro atoms. The number of para-hydroxylation sites is 1. The maximum Gasteiger partial charge on any atom is 0.277 e. The van der Waals surface area contributed by atoms with Crippen LogP contribution in [-0.4, -0.2) is 30.9 Å². The number of ether oxygens (including phenoxy) is 2. The summed E-state index contributed by atoms with van der Waals surface area (Å²) in [6.45, 7) is -0.164. The Balaban J connectivity index is 1.85. The molecule has 0 aromatic heterocycles. The van der Waals surface area contributed by atoms with Crippen molar-refractivity contribution in [1.29, 1.82) is 0 Å². The summed E-state index contributed by atoms with van der Waals surface area (Å²) < 4.78 is 11.2. The van der Waals surface area contributed by atoms with Crippen LogP contribution in [0.1, 0.15) is 5.56 Å². The number of rotatable bonds is 6. The maximum atomic E-state index is 11.6. The molecule has 0 saturated carbocycles. The summed E-state index contributed by atoms with van der Waals surface area (Å²) in [5.74, 6) is 0.460. The number of hydrogen-bond donors (Lipinski definition) is 2. The van der Waals surface area contributed by atoms with Crippen LogP contribution in [0.2, 0.25) is 0 Å². The van der Waals surface area contributed by atoms with E-state index in [9.17, 15) is 9.90 Å². The van der Waals surface area contributed by atoms with Crippen LogP contribution in [0, 0.1) is 0 Å². The third-order valence-electron chi connectivity index (χ3n) is 2.83. The molecule has 2 aromatic carbocycles. The Morgan fingerprint density at radius 2 is 2.04 bits per heavy atom. The Labute approximate surface area is 141 Å². The molecule has 0 aliphatic rings. The van der Waals surface area contributed by atoms with Crippen LogP contribution in [-0.2, 0) is 4.79 Å². The van der Waals surface area contributed by atoms with Gasteiger partial charge in [0.1, 0.15) is 5.75 Å². The highest BCUT2D eigenvalue weighted by molar-refractivity contribution is 9.10. The Hall–Kier alpha value is -2.54. The lowest BCUT2D eigenvalue weighted by Crippen LogP contribution is -2.24. The number of nitrogens with zero attached hydrogens (tertiary/aromatic N) is 1. The molecule has 7 heteroatoms. The third-order valence-corrected chi connectivity index (χ3v) is 3.36. The number of halogens is 1. The number of carbonyl (C=O) groups is 1. The van der Waals surface area contributed by atoms with E-state index in [0.29, 0.717) is 17.1 Å². The molecule has 0 unspecified atom stereocenters. The molecule has 0 heterocycles. The highest BCUT2D eigenvalue weighted by atomic mass is 79.9. The lowest BCUT2D eigenvalue weighted by molar-refractivity contribution is -0.123. The van der Waals surface area contributed by atoms with E-state index >= 15 is 0 Å². The molecule has 0 aliphatic carbocycles. The molecule has 0 atom stereocenters. The van der Waals surface area contributed by atoms with Crippen LogP contribution in [0.5, 0.6) is 17.2 Å². The fraction of sp³-hybridized carbons (Fsp3) is 0.125. The molecule has 2 aromatic rings. The highest BCUT2D eigenvalue weighted by Gasteiger charge is 2.05. The molecule has 0 aliphatic heterocycles. The zero-order valence-electron chi connectivity index (χ0n) is 12.3. The number of hydrogen-bond acceptors (Lipinski definition) is 5. The van der Waals surface area contributed by atoms with Gasteiger partial charge >= 0.3 is 0 Å². The molecule has 0 radical (unpaired) electrons. The number of benzene rings is 2. The van der Waals surface area contributed by atoms with Gasteiger partial charge in [0.25, 0.3) is 5.91 Å². The summed E-state index contributed by atoms with van der Waals surface area (Å²) in [7, 11) is 1.46. The predicted molar refractivity (Wildman–Crippen MR) is 90.0 cm³/mol. The van der Waals surface area contributed by atoms with Crippen molar-refractivity contribution in [3.8, 4) is 17.2 Å². The second-order valence-corrected chi connectivity index (χ2v) is 5.35. The van der Waals surface area contributed by atoms with E-state index < -0.39 is 5.91 Å². The van der Waals surface area contributed by atoms with Gasteiger partial charge in [-0.1, -0.05) is 22.0 Å². The van der Waals surface area contributed by atoms with Crippen LogP contribution >= 0.6 is 15.9 Å². The Kier molecular flexibility index (Phi) is 5.99. The summed E-state index contributed by atoms with van der Waals surface area (Å²) in [5, 5.41) is 13.6. The van der Waals surface area contributed by atoms with Gasteiger partial charge in [-0.05, 0) is 36.4 Å². The van der Waals surface area contributed by atoms with Gasteiger partial charge in [0.15, 0.2) is 18.1 Å². The summed E-state index contributed by atoms with van der Waals surface area (Å²) in [6.07, 6.45) is 1.33. The van der Waals surface area contributed by atoms with Crippen LogP contribution in [0.3, 0.4) is 0 Å². The molecule has 120 valence electrons. The largest absolute Gasteiger partial charge is 0.504 e. The van der Waals surface area contributed by atoms with Crippen molar-refractivity contribution in [3.05, 3.63) is 52.5 Å². The SMILES string of the molecule is COc1cccc(C=NNC(=O)COc2ccc(Br)cc2)c1O. The van der Waals surface area contributed by atoms with E-state index in [1.54, 1.807) is 30.3 Å². The van der Waals surface area contributed by atoms with Crippen molar-refractivity contribution in [2.45, 2.75) is 0 Å². The monoisotopic (exact) mass is 378 g/mol. The Bertz CT molecular complexity index is 702. The average molecular weight is 379 g/mol. The average Bonchev–Trinajstić information content (AvgIpc) is 2.56. The van der Waals surface area contributed by atoms with Gasteiger partial charge in [-0.25, -0.2) is 5.43 Å². The number of carbonyl (C=O) groups excluding carboxylic acids is 1. The molecular weight excluding hydrogens is 364 g/mol. The molecule has 0 bridgehead atoms. The standard InChI is InChI=1S/C16H15BrN2O4/c1-22-14-4-2-3-11(16(14)21)9-18-19-15(20)10-23-13-7-5-12(17)6-8-13/h2-9,21H,10H2,1H3,(H,19,20). The van der Waals surface area contributed by atoms with Crippen molar-refractivity contribution in [2.75, 3.05) is 13.7 Å². The second kappa shape index (κ2) is 8.19. The van der Waals surface area contributed by atoms with E-state index in [2.05, 4.69) is 26.5 Å². The smallest absolute Gasteiger partial charge is 0.277 e. The number of phenolic OH excluding ortho intramolecular Hbond substituents is 1. The lowest BCUT2D eigenvalue weighted by atomic mass is 10.2. The van der Waals surface area contributed by atoms with Crippen molar-refractivity contribution in [2.24, 2.45) is 5.10 Å². The Morgan fingerprint density at radius 1 is 1.30 bits per heavy atom. The summed E-state index contributed by atoms with van der Waals surface area (Å²) in [5.41, 5.74) is 2.75. The van der Waals surface area contributed by atoms with E-state index in [4.69, 9.17) is 9.47 Å². The van der Waals surface area contributed by atoms with Crippen molar-refractivity contribution < 1.29 is 19.4 Å². The number of methoxy groups -OCH3 is 1. The summed E-state index contributed by atoms with van der Waals surface area (Å²) in [6, 6.07) is 12.1. The van der Waals surface area contributed by atoms with Crippen LogP contribution in [0.25, 0.3) is 0 Å². The van der Waals surface area contributed by atoms with Gasteiger partial charge in [0.05, 0.1) is 13.3 Å². The molecule has 0 fully saturated rings. The van der Waals surface area contributed by atoms with Gasteiger partial charge in [-0.2, -0.15) is 5.10 Å². The van der Waals surface area contributed by atoms with Crippen molar-refractivity contribution in [3.63, 3.8) is 0 Å². The van der Waals surface area contributed by atoms with Crippen molar-refractivity contribution >= 4 is 28.1 Å². The minimum absolute atomic E-state index is 0.0425. The lowest BCUT2D eigenvalue weighted by Gasteiger charge is -2.06. The van der Waals surface area contributed by atoms with Gasteiger partial charge in [0, 0.05) is 10.0 Å².